The SMILES string of the molecule is Cc1ncsc1CCN(C)c1ncc(F)c(N2CCOCC2)n1. The second kappa shape index (κ2) is 7.18. The zero-order chi connectivity index (χ0) is 16.2. The van der Waals surface area contributed by atoms with Crippen LogP contribution in [-0.4, -0.2) is 54.8 Å². The first kappa shape index (κ1) is 16.1. The number of thiazole rings is 1. The molecule has 1 saturated heterocycles. The van der Waals surface area contributed by atoms with Gasteiger partial charge in [-0.1, -0.05) is 0 Å². The molecule has 0 aromatic carbocycles. The van der Waals surface area contributed by atoms with Gasteiger partial charge in [0.25, 0.3) is 0 Å². The van der Waals surface area contributed by atoms with Gasteiger partial charge in [0.15, 0.2) is 11.6 Å². The Balaban J connectivity index is 1.70. The van der Waals surface area contributed by atoms with Crippen LogP contribution >= 0.6 is 11.3 Å². The number of likely N-dealkylation sites (N-methyl/N-ethyl adjacent to an activating group) is 1. The van der Waals surface area contributed by atoms with Crippen molar-refractivity contribution in [2.45, 2.75) is 13.3 Å². The highest BCUT2D eigenvalue weighted by atomic mass is 32.1. The molecule has 23 heavy (non-hydrogen) atoms. The predicted octanol–water partition coefficient (Wildman–Crippen LogP) is 1.90. The summed E-state index contributed by atoms with van der Waals surface area (Å²) in [5.41, 5.74) is 2.92. The zero-order valence-electron chi connectivity index (χ0n) is 13.3. The molecular weight excluding hydrogens is 317 g/mol. The lowest BCUT2D eigenvalue weighted by molar-refractivity contribution is 0.122. The quantitative estimate of drug-likeness (QED) is 0.831. The summed E-state index contributed by atoms with van der Waals surface area (Å²) in [6.07, 6.45) is 2.13. The van der Waals surface area contributed by atoms with E-state index in [1.54, 1.807) is 11.3 Å². The average Bonchev–Trinajstić information content (AvgIpc) is 2.99. The molecule has 0 atom stereocenters. The molecule has 0 saturated carbocycles. The van der Waals surface area contributed by atoms with Crippen LogP contribution in [0.15, 0.2) is 11.7 Å². The van der Waals surface area contributed by atoms with E-state index in [1.165, 1.54) is 11.1 Å². The van der Waals surface area contributed by atoms with E-state index in [9.17, 15) is 4.39 Å². The molecule has 0 radical (unpaired) electrons. The number of aromatic nitrogens is 3. The normalized spacial score (nSPS) is 15.0. The second-order valence-corrected chi connectivity index (χ2v) is 6.41. The standard InChI is InChI=1S/C15H20FN5OS/c1-11-13(23-10-18-11)3-4-20(2)15-17-9-12(16)14(19-15)21-5-7-22-8-6-21/h9-10H,3-8H2,1-2H3. The number of aryl methyl sites for hydroxylation is 1. The monoisotopic (exact) mass is 337 g/mol. The summed E-state index contributed by atoms with van der Waals surface area (Å²) < 4.78 is 19.4. The van der Waals surface area contributed by atoms with Crippen molar-refractivity contribution in [2.75, 3.05) is 49.7 Å². The van der Waals surface area contributed by atoms with Gasteiger partial charge in [0, 0.05) is 38.0 Å². The molecule has 8 heteroatoms. The van der Waals surface area contributed by atoms with Gasteiger partial charge in [0.1, 0.15) is 0 Å². The molecule has 1 fully saturated rings. The van der Waals surface area contributed by atoms with E-state index in [4.69, 9.17) is 4.74 Å². The van der Waals surface area contributed by atoms with Gasteiger partial charge in [0.2, 0.25) is 5.95 Å². The van der Waals surface area contributed by atoms with Crippen molar-refractivity contribution in [3.8, 4) is 0 Å². The highest BCUT2D eigenvalue weighted by Crippen LogP contribution is 2.20. The van der Waals surface area contributed by atoms with Crippen LogP contribution < -0.4 is 9.80 Å². The first-order chi connectivity index (χ1) is 11.1. The number of halogens is 1. The molecule has 2 aromatic rings. The van der Waals surface area contributed by atoms with Gasteiger partial charge in [-0.15, -0.1) is 11.3 Å². The van der Waals surface area contributed by atoms with Crippen LogP contribution in [0.1, 0.15) is 10.6 Å². The Labute approximate surface area is 139 Å². The maximum atomic E-state index is 14.0. The maximum Gasteiger partial charge on any atom is 0.227 e. The number of anilines is 2. The molecule has 3 heterocycles. The third-order valence-electron chi connectivity index (χ3n) is 3.88. The van der Waals surface area contributed by atoms with Crippen LogP contribution in [0.25, 0.3) is 0 Å². The fraction of sp³-hybridized carbons (Fsp3) is 0.533. The van der Waals surface area contributed by atoms with Crippen molar-refractivity contribution in [3.05, 3.63) is 28.1 Å². The predicted molar refractivity (Wildman–Crippen MR) is 88.8 cm³/mol. The van der Waals surface area contributed by atoms with Gasteiger partial charge in [0.05, 0.1) is 30.6 Å². The largest absolute Gasteiger partial charge is 0.378 e. The molecule has 0 N–H and O–H groups in total. The van der Waals surface area contributed by atoms with E-state index in [-0.39, 0.29) is 5.82 Å². The lowest BCUT2D eigenvalue weighted by atomic mass is 10.3. The van der Waals surface area contributed by atoms with Gasteiger partial charge in [-0.2, -0.15) is 4.98 Å². The van der Waals surface area contributed by atoms with E-state index in [0.29, 0.717) is 38.1 Å². The minimum absolute atomic E-state index is 0.360. The fourth-order valence-electron chi connectivity index (χ4n) is 2.47. The minimum atomic E-state index is -0.387. The first-order valence-electron chi connectivity index (χ1n) is 7.60. The summed E-state index contributed by atoms with van der Waals surface area (Å²) in [5, 5.41) is 0. The van der Waals surface area contributed by atoms with Gasteiger partial charge in [-0.3, -0.25) is 0 Å². The lowest BCUT2D eigenvalue weighted by Gasteiger charge is -2.28. The average molecular weight is 337 g/mol. The topological polar surface area (TPSA) is 54.4 Å². The van der Waals surface area contributed by atoms with Crippen LogP contribution in [0, 0.1) is 12.7 Å². The van der Waals surface area contributed by atoms with Crippen molar-refractivity contribution in [2.24, 2.45) is 0 Å². The van der Waals surface area contributed by atoms with Gasteiger partial charge in [-0.25, -0.2) is 14.4 Å². The van der Waals surface area contributed by atoms with E-state index < -0.39 is 0 Å². The summed E-state index contributed by atoms with van der Waals surface area (Å²) >= 11 is 1.65. The Bertz CT molecular complexity index is 659. The number of nitrogens with zero attached hydrogens (tertiary/aromatic N) is 5. The summed E-state index contributed by atoms with van der Waals surface area (Å²) in [5.74, 6) is 0.511. The van der Waals surface area contributed by atoms with Crippen LogP contribution in [0.3, 0.4) is 0 Å². The van der Waals surface area contributed by atoms with Crippen molar-refractivity contribution >= 4 is 23.1 Å². The molecule has 6 nitrogen and oxygen atoms in total. The molecule has 1 aliphatic rings. The Morgan fingerprint density at radius 2 is 2.13 bits per heavy atom. The number of hydrogen-bond acceptors (Lipinski definition) is 7. The van der Waals surface area contributed by atoms with E-state index in [0.717, 1.165) is 18.7 Å². The van der Waals surface area contributed by atoms with Crippen LogP contribution in [0.4, 0.5) is 16.2 Å². The van der Waals surface area contributed by atoms with Gasteiger partial charge >= 0.3 is 0 Å². The minimum Gasteiger partial charge on any atom is -0.378 e. The van der Waals surface area contributed by atoms with Crippen molar-refractivity contribution in [1.29, 1.82) is 0 Å². The highest BCUT2D eigenvalue weighted by molar-refractivity contribution is 7.09. The van der Waals surface area contributed by atoms with Crippen LogP contribution in [-0.2, 0) is 11.2 Å². The Hall–Kier alpha value is -1.80. The van der Waals surface area contributed by atoms with E-state index in [1.807, 2.05) is 29.3 Å². The number of morpholine rings is 1. The smallest absolute Gasteiger partial charge is 0.227 e. The fourth-order valence-corrected chi connectivity index (χ4v) is 3.24. The molecule has 0 amide bonds. The lowest BCUT2D eigenvalue weighted by Crippen LogP contribution is -2.37. The first-order valence-corrected chi connectivity index (χ1v) is 8.48. The molecule has 0 aliphatic carbocycles. The third-order valence-corrected chi connectivity index (χ3v) is 4.88. The zero-order valence-corrected chi connectivity index (χ0v) is 14.1. The summed E-state index contributed by atoms with van der Waals surface area (Å²) in [6.45, 7) is 5.26. The Kier molecular flexibility index (Phi) is 5.02. The van der Waals surface area contributed by atoms with Crippen molar-refractivity contribution in [3.63, 3.8) is 0 Å². The number of rotatable bonds is 5. The Morgan fingerprint density at radius 1 is 1.35 bits per heavy atom. The summed E-state index contributed by atoms with van der Waals surface area (Å²) in [4.78, 5) is 17.9. The van der Waals surface area contributed by atoms with Crippen LogP contribution in [0.5, 0.6) is 0 Å². The molecule has 124 valence electrons. The van der Waals surface area contributed by atoms with Crippen molar-refractivity contribution in [1.82, 2.24) is 15.0 Å². The molecule has 3 rings (SSSR count). The number of hydrogen-bond donors (Lipinski definition) is 0. The van der Waals surface area contributed by atoms with E-state index >= 15 is 0 Å². The molecule has 0 bridgehead atoms. The highest BCUT2D eigenvalue weighted by Gasteiger charge is 2.19. The molecule has 1 aliphatic heterocycles. The van der Waals surface area contributed by atoms with Gasteiger partial charge in [-0.05, 0) is 6.92 Å². The molecule has 0 spiro atoms. The second-order valence-electron chi connectivity index (χ2n) is 5.47. The van der Waals surface area contributed by atoms with E-state index in [2.05, 4.69) is 15.0 Å². The van der Waals surface area contributed by atoms with Crippen LogP contribution in [0.2, 0.25) is 0 Å². The summed E-state index contributed by atoms with van der Waals surface area (Å²) in [6, 6.07) is 0. The Morgan fingerprint density at radius 3 is 2.83 bits per heavy atom. The molecule has 0 unspecified atom stereocenters. The molecular formula is C15H20FN5OS. The number of ether oxygens (including phenoxy) is 1. The maximum absolute atomic E-state index is 14.0. The third kappa shape index (κ3) is 3.76. The van der Waals surface area contributed by atoms with Gasteiger partial charge < -0.3 is 14.5 Å². The summed E-state index contributed by atoms with van der Waals surface area (Å²) in [7, 11) is 1.92. The molecule has 2 aromatic heterocycles. The van der Waals surface area contributed by atoms with Crippen molar-refractivity contribution < 1.29 is 9.13 Å².